The largest absolute Gasteiger partial charge is 0.346 e. The zero-order valence-corrected chi connectivity index (χ0v) is 17.4. The first-order valence-corrected chi connectivity index (χ1v) is 10.0. The number of carbonyl (C=O) groups excluding carboxylic acids is 1. The van der Waals surface area contributed by atoms with Crippen LogP contribution in [0.25, 0.3) is 16.7 Å². The molecule has 4 aromatic rings. The van der Waals surface area contributed by atoms with Crippen LogP contribution in [0.4, 0.5) is 5.69 Å². The summed E-state index contributed by atoms with van der Waals surface area (Å²) in [7, 11) is 0. The molecule has 0 radical (unpaired) electrons. The van der Waals surface area contributed by atoms with Crippen LogP contribution in [0.15, 0.2) is 59.9 Å². The molecular formula is C22H15Cl2N5O. The van der Waals surface area contributed by atoms with Gasteiger partial charge in [0.1, 0.15) is 11.3 Å². The Balaban J connectivity index is 1.56. The van der Waals surface area contributed by atoms with Crippen molar-refractivity contribution in [2.45, 2.75) is 6.92 Å². The van der Waals surface area contributed by atoms with Gasteiger partial charge in [-0.05, 0) is 42.8 Å². The van der Waals surface area contributed by atoms with Crippen molar-refractivity contribution in [3.63, 3.8) is 0 Å². The van der Waals surface area contributed by atoms with Crippen LogP contribution in [-0.4, -0.2) is 32.7 Å². The lowest BCUT2D eigenvalue weighted by Gasteiger charge is -2.10. The third-order valence-electron chi connectivity index (χ3n) is 5.02. The highest BCUT2D eigenvalue weighted by Gasteiger charge is 2.21. The minimum absolute atomic E-state index is 0.251. The van der Waals surface area contributed by atoms with E-state index in [-0.39, 0.29) is 5.91 Å². The Bertz CT molecular complexity index is 1340. The number of nitrogens with one attached hydrogen (secondary N) is 1. The summed E-state index contributed by atoms with van der Waals surface area (Å²) in [5.41, 5.74) is 5.23. The molecule has 0 fully saturated rings. The van der Waals surface area contributed by atoms with Gasteiger partial charge in [-0.2, -0.15) is 0 Å². The molecule has 8 heteroatoms. The fourth-order valence-electron chi connectivity index (χ4n) is 3.63. The molecule has 1 N–H and O–H groups in total. The Hall–Kier alpha value is -3.22. The summed E-state index contributed by atoms with van der Waals surface area (Å²) in [6.45, 7) is 2.25. The molecule has 0 atom stereocenters. The van der Waals surface area contributed by atoms with E-state index in [1.165, 1.54) is 0 Å². The Morgan fingerprint density at radius 3 is 2.70 bits per heavy atom. The number of fused-ring (bicyclic) bond motifs is 2. The van der Waals surface area contributed by atoms with E-state index in [0.29, 0.717) is 33.6 Å². The number of imidazole rings is 1. The van der Waals surface area contributed by atoms with Crippen LogP contribution in [0.1, 0.15) is 21.7 Å². The summed E-state index contributed by atoms with van der Waals surface area (Å²) in [5.74, 6) is 0.626. The highest BCUT2D eigenvalue weighted by atomic mass is 35.5. The molecule has 0 aliphatic carbocycles. The zero-order chi connectivity index (χ0) is 20.8. The minimum atomic E-state index is -0.251. The molecule has 1 aliphatic rings. The SMILES string of the molecule is Cc1nc2cnccc2n1-c1ccc(C2=Nc3c(Cl)cc(Cl)cc3C(=O)NC2)cc1. The molecule has 0 saturated heterocycles. The molecule has 0 unspecified atom stereocenters. The molecule has 1 amide bonds. The lowest BCUT2D eigenvalue weighted by atomic mass is 10.1. The van der Waals surface area contributed by atoms with Crippen molar-refractivity contribution in [2.24, 2.45) is 4.99 Å². The van der Waals surface area contributed by atoms with Crippen molar-refractivity contribution in [1.82, 2.24) is 19.9 Å². The summed E-state index contributed by atoms with van der Waals surface area (Å²) >= 11 is 12.4. The number of carbonyl (C=O) groups is 1. The molecule has 0 bridgehead atoms. The maximum absolute atomic E-state index is 12.4. The standard InChI is InChI=1S/C22H15Cl2N5O/c1-12-27-19-10-25-7-6-20(19)29(12)15-4-2-13(3-5-15)18-11-26-22(30)16-8-14(23)9-17(24)21(16)28-18/h2-10H,11H2,1H3,(H,26,30). The maximum Gasteiger partial charge on any atom is 0.253 e. The van der Waals surface area contributed by atoms with E-state index in [4.69, 9.17) is 23.2 Å². The van der Waals surface area contributed by atoms with Crippen LogP contribution in [0.2, 0.25) is 10.0 Å². The van der Waals surface area contributed by atoms with E-state index < -0.39 is 0 Å². The van der Waals surface area contributed by atoms with Crippen LogP contribution in [0.5, 0.6) is 0 Å². The van der Waals surface area contributed by atoms with Crippen LogP contribution in [0, 0.1) is 6.92 Å². The first-order chi connectivity index (χ1) is 14.5. The molecule has 0 spiro atoms. The fourth-order valence-corrected chi connectivity index (χ4v) is 4.17. The number of benzene rings is 2. The number of hydrogen-bond acceptors (Lipinski definition) is 4. The molecule has 2 aromatic heterocycles. The van der Waals surface area contributed by atoms with Gasteiger partial charge >= 0.3 is 0 Å². The Kier molecular flexibility index (Phi) is 4.53. The second kappa shape index (κ2) is 7.23. The highest BCUT2D eigenvalue weighted by Crippen LogP contribution is 2.34. The monoisotopic (exact) mass is 435 g/mol. The smallest absolute Gasteiger partial charge is 0.253 e. The molecule has 1 aliphatic heterocycles. The number of nitrogens with zero attached hydrogens (tertiary/aromatic N) is 4. The van der Waals surface area contributed by atoms with E-state index in [9.17, 15) is 4.79 Å². The number of hydrogen-bond donors (Lipinski definition) is 1. The average Bonchev–Trinajstić information content (AvgIpc) is 2.98. The lowest BCUT2D eigenvalue weighted by Crippen LogP contribution is -2.28. The molecule has 5 rings (SSSR count). The van der Waals surface area contributed by atoms with Crippen LogP contribution < -0.4 is 5.32 Å². The number of halogens is 2. The Labute approximate surface area is 182 Å². The quantitative estimate of drug-likeness (QED) is 0.486. The highest BCUT2D eigenvalue weighted by molar-refractivity contribution is 6.37. The number of pyridine rings is 1. The average molecular weight is 436 g/mol. The van der Waals surface area contributed by atoms with Gasteiger partial charge in [-0.3, -0.25) is 14.3 Å². The van der Waals surface area contributed by atoms with Gasteiger partial charge in [0.05, 0.1) is 40.2 Å². The summed E-state index contributed by atoms with van der Waals surface area (Å²) in [4.78, 5) is 25.8. The van der Waals surface area contributed by atoms with Crippen molar-refractivity contribution < 1.29 is 4.79 Å². The first kappa shape index (κ1) is 18.8. The minimum Gasteiger partial charge on any atom is -0.346 e. The van der Waals surface area contributed by atoms with Crippen LogP contribution >= 0.6 is 23.2 Å². The summed E-state index contributed by atoms with van der Waals surface area (Å²) < 4.78 is 2.08. The zero-order valence-electron chi connectivity index (χ0n) is 15.9. The van der Waals surface area contributed by atoms with E-state index in [2.05, 4.69) is 24.8 Å². The molecule has 2 aromatic carbocycles. The van der Waals surface area contributed by atoms with Gasteiger partial charge in [-0.15, -0.1) is 0 Å². The number of rotatable bonds is 2. The third kappa shape index (κ3) is 3.14. The number of aliphatic imine (C=N–C) groups is 1. The molecule has 0 saturated carbocycles. The van der Waals surface area contributed by atoms with Crippen molar-refractivity contribution in [1.29, 1.82) is 0 Å². The molecule has 6 nitrogen and oxygen atoms in total. The predicted octanol–water partition coefficient (Wildman–Crippen LogP) is 4.90. The predicted molar refractivity (Wildman–Crippen MR) is 119 cm³/mol. The van der Waals surface area contributed by atoms with E-state index in [1.807, 2.05) is 37.3 Å². The summed E-state index contributed by atoms with van der Waals surface area (Å²) in [5, 5.41) is 3.61. The van der Waals surface area contributed by atoms with Crippen LogP contribution in [-0.2, 0) is 0 Å². The summed E-state index contributed by atoms with van der Waals surface area (Å²) in [6, 6.07) is 13.1. The van der Waals surface area contributed by atoms with E-state index in [0.717, 1.165) is 28.1 Å². The maximum atomic E-state index is 12.4. The van der Waals surface area contributed by atoms with E-state index in [1.54, 1.807) is 24.5 Å². The second-order valence-corrected chi connectivity index (χ2v) is 7.77. The van der Waals surface area contributed by atoms with Gasteiger partial charge in [0.15, 0.2) is 0 Å². The third-order valence-corrected chi connectivity index (χ3v) is 5.53. The molecule has 148 valence electrons. The van der Waals surface area contributed by atoms with Gasteiger partial charge in [0.2, 0.25) is 0 Å². The number of amides is 1. The lowest BCUT2D eigenvalue weighted by molar-refractivity contribution is 0.0961. The van der Waals surface area contributed by atoms with Crippen molar-refractivity contribution in [3.05, 3.63) is 81.9 Å². The van der Waals surface area contributed by atoms with Gasteiger partial charge in [-0.1, -0.05) is 35.3 Å². The van der Waals surface area contributed by atoms with Gasteiger partial charge < -0.3 is 5.32 Å². The topological polar surface area (TPSA) is 72.2 Å². The second-order valence-electron chi connectivity index (χ2n) is 6.93. The van der Waals surface area contributed by atoms with Crippen molar-refractivity contribution in [3.8, 4) is 5.69 Å². The summed E-state index contributed by atoms with van der Waals surface area (Å²) in [6.07, 6.45) is 3.51. The van der Waals surface area contributed by atoms with E-state index >= 15 is 0 Å². The first-order valence-electron chi connectivity index (χ1n) is 9.26. The van der Waals surface area contributed by atoms with Gasteiger partial charge in [-0.25, -0.2) is 9.98 Å². The fraction of sp³-hybridized carbons (Fsp3) is 0.0909. The molecule has 30 heavy (non-hydrogen) atoms. The van der Waals surface area contributed by atoms with Crippen molar-refractivity contribution in [2.75, 3.05) is 6.54 Å². The molecule has 3 heterocycles. The Morgan fingerprint density at radius 2 is 1.90 bits per heavy atom. The van der Waals surface area contributed by atoms with Crippen molar-refractivity contribution >= 4 is 51.5 Å². The molecular weight excluding hydrogens is 421 g/mol. The number of aryl methyl sites for hydroxylation is 1. The van der Waals surface area contributed by atoms with Crippen LogP contribution in [0.3, 0.4) is 0 Å². The Morgan fingerprint density at radius 1 is 1.10 bits per heavy atom. The normalized spacial score (nSPS) is 13.6. The van der Waals surface area contributed by atoms with Gasteiger partial charge in [0.25, 0.3) is 5.91 Å². The number of aromatic nitrogens is 3. The van der Waals surface area contributed by atoms with Gasteiger partial charge in [0, 0.05) is 16.9 Å².